The fourth-order valence-corrected chi connectivity index (χ4v) is 3.77. The monoisotopic (exact) mass is 366 g/mol. The van der Waals surface area contributed by atoms with Gasteiger partial charge in [-0.1, -0.05) is 55.5 Å². The van der Waals surface area contributed by atoms with Crippen LogP contribution >= 0.6 is 0 Å². The first-order valence-electron chi connectivity index (χ1n) is 9.50. The van der Waals surface area contributed by atoms with E-state index in [-0.39, 0.29) is 30.0 Å². The first-order chi connectivity index (χ1) is 13.0. The molecule has 2 amide bonds. The van der Waals surface area contributed by atoms with Gasteiger partial charge in [0.2, 0.25) is 0 Å². The van der Waals surface area contributed by atoms with Crippen molar-refractivity contribution >= 4 is 11.7 Å². The number of urea groups is 1. The van der Waals surface area contributed by atoms with E-state index in [9.17, 15) is 4.79 Å². The zero-order chi connectivity index (χ0) is 19.0. The van der Waals surface area contributed by atoms with Crippen LogP contribution in [0.5, 0.6) is 0 Å². The average molecular weight is 366 g/mol. The Morgan fingerprint density at radius 1 is 1.15 bits per heavy atom. The van der Waals surface area contributed by atoms with Gasteiger partial charge in [-0.15, -0.1) is 0 Å². The van der Waals surface area contributed by atoms with E-state index in [0.29, 0.717) is 6.61 Å². The number of carbonyl (C=O) groups excluding carboxylic acids is 1. The van der Waals surface area contributed by atoms with Gasteiger partial charge in [0, 0.05) is 12.7 Å². The molecule has 0 radical (unpaired) electrons. The molecule has 2 aliphatic rings. The molecule has 0 saturated carbocycles. The fourth-order valence-electron chi connectivity index (χ4n) is 3.77. The van der Waals surface area contributed by atoms with Crippen molar-refractivity contribution < 1.29 is 14.3 Å². The van der Waals surface area contributed by atoms with Crippen molar-refractivity contribution in [3.8, 4) is 0 Å². The Morgan fingerprint density at radius 3 is 2.37 bits per heavy atom. The number of para-hydroxylation sites is 1. The number of hydrogen-bond donors (Lipinski definition) is 0. The highest BCUT2D eigenvalue weighted by Crippen LogP contribution is 2.47. The Balaban J connectivity index is 1.65. The highest BCUT2D eigenvalue weighted by Gasteiger charge is 2.60. The number of hydrogen-bond acceptors (Lipinski definition) is 3. The lowest BCUT2D eigenvalue weighted by atomic mass is 10.0. The number of carbonyl (C=O) groups is 1. The Morgan fingerprint density at radius 2 is 1.78 bits per heavy atom. The van der Waals surface area contributed by atoms with Gasteiger partial charge >= 0.3 is 6.03 Å². The second-order valence-corrected chi connectivity index (χ2v) is 7.44. The third-order valence-corrected chi connectivity index (χ3v) is 5.77. The first-order valence-corrected chi connectivity index (χ1v) is 9.50. The number of ether oxygens (including phenoxy) is 2. The third kappa shape index (κ3) is 3.22. The SMILES string of the molecule is CC[C@@]1(C)O[C@@H]1[C@@H]1OC[C@H](c2ccccc2)N1C(=O)N(C)c1ccccc1. The van der Waals surface area contributed by atoms with Crippen molar-refractivity contribution in [2.75, 3.05) is 18.6 Å². The fraction of sp³-hybridized carbons (Fsp3) is 0.409. The molecule has 0 N–H and O–H groups in total. The molecule has 2 aromatic rings. The zero-order valence-corrected chi connectivity index (χ0v) is 16.0. The molecule has 2 saturated heterocycles. The van der Waals surface area contributed by atoms with Gasteiger partial charge < -0.3 is 9.47 Å². The van der Waals surface area contributed by atoms with E-state index >= 15 is 0 Å². The molecule has 5 heteroatoms. The summed E-state index contributed by atoms with van der Waals surface area (Å²) in [4.78, 5) is 17.0. The summed E-state index contributed by atoms with van der Waals surface area (Å²) in [5.74, 6) is 0. The molecule has 27 heavy (non-hydrogen) atoms. The van der Waals surface area contributed by atoms with E-state index in [0.717, 1.165) is 17.7 Å². The summed E-state index contributed by atoms with van der Waals surface area (Å²) >= 11 is 0. The average Bonchev–Trinajstić information content (AvgIpc) is 3.21. The van der Waals surface area contributed by atoms with Gasteiger partial charge in [0.05, 0.1) is 18.2 Å². The molecule has 142 valence electrons. The largest absolute Gasteiger partial charge is 0.361 e. The molecule has 0 spiro atoms. The summed E-state index contributed by atoms with van der Waals surface area (Å²) in [5, 5.41) is 0. The summed E-state index contributed by atoms with van der Waals surface area (Å²) in [5.41, 5.74) is 1.71. The summed E-state index contributed by atoms with van der Waals surface area (Å²) in [6.07, 6.45) is 0.424. The van der Waals surface area contributed by atoms with Crippen LogP contribution < -0.4 is 4.90 Å². The second kappa shape index (κ2) is 6.98. The molecule has 2 aromatic carbocycles. The lowest BCUT2D eigenvalue weighted by Crippen LogP contribution is -2.48. The molecule has 5 nitrogen and oxygen atoms in total. The minimum absolute atomic E-state index is 0.0773. The van der Waals surface area contributed by atoms with Crippen LogP contribution in [0.15, 0.2) is 60.7 Å². The maximum Gasteiger partial charge on any atom is 0.326 e. The van der Waals surface area contributed by atoms with Gasteiger partial charge in [0.15, 0.2) is 6.23 Å². The normalized spacial score (nSPS) is 29.6. The van der Waals surface area contributed by atoms with Crippen LogP contribution in [0, 0.1) is 0 Å². The third-order valence-electron chi connectivity index (χ3n) is 5.77. The standard InChI is InChI=1S/C22H26N2O3/c1-4-22(2)19(27-22)20-24(18(15-26-20)16-11-7-5-8-12-16)21(25)23(3)17-13-9-6-10-14-17/h5-14,18-20H,4,15H2,1-3H3/t18-,19-,20+,22-/m1/s1. The van der Waals surface area contributed by atoms with Crippen molar-refractivity contribution in [2.24, 2.45) is 0 Å². The van der Waals surface area contributed by atoms with Crippen molar-refractivity contribution in [3.05, 3.63) is 66.2 Å². The summed E-state index contributed by atoms with van der Waals surface area (Å²) in [6, 6.07) is 19.6. The number of anilines is 1. The van der Waals surface area contributed by atoms with Gasteiger partial charge in [-0.25, -0.2) is 4.79 Å². The van der Waals surface area contributed by atoms with Gasteiger partial charge in [0.1, 0.15) is 6.10 Å². The van der Waals surface area contributed by atoms with Crippen LogP contribution in [0.3, 0.4) is 0 Å². The van der Waals surface area contributed by atoms with E-state index in [1.165, 1.54) is 0 Å². The Hall–Kier alpha value is -2.37. The topological polar surface area (TPSA) is 45.3 Å². The quantitative estimate of drug-likeness (QED) is 0.762. The summed E-state index contributed by atoms with van der Waals surface area (Å²) in [7, 11) is 1.81. The number of epoxide rings is 1. The van der Waals surface area contributed by atoms with Crippen LogP contribution in [0.25, 0.3) is 0 Å². The van der Waals surface area contributed by atoms with Gasteiger partial charge in [-0.3, -0.25) is 9.80 Å². The Kier molecular flexibility index (Phi) is 4.66. The van der Waals surface area contributed by atoms with E-state index in [2.05, 4.69) is 13.8 Å². The molecule has 2 aliphatic heterocycles. The predicted octanol–water partition coefficient (Wildman–Crippen LogP) is 4.21. The van der Waals surface area contributed by atoms with Crippen molar-refractivity contribution in [2.45, 2.75) is 44.2 Å². The van der Waals surface area contributed by atoms with E-state index < -0.39 is 0 Å². The van der Waals surface area contributed by atoms with Gasteiger partial charge in [-0.05, 0) is 31.0 Å². The van der Waals surface area contributed by atoms with E-state index in [1.54, 1.807) is 4.90 Å². The number of rotatable bonds is 4. The number of nitrogens with zero attached hydrogens (tertiary/aromatic N) is 2. The Bertz CT molecular complexity index is 798. The second-order valence-electron chi connectivity index (χ2n) is 7.44. The minimum Gasteiger partial charge on any atom is -0.361 e. The lowest BCUT2D eigenvalue weighted by Gasteiger charge is -2.32. The molecule has 0 aromatic heterocycles. The van der Waals surface area contributed by atoms with Crippen LogP contribution in [0.1, 0.15) is 31.9 Å². The molecular weight excluding hydrogens is 340 g/mol. The highest BCUT2D eigenvalue weighted by atomic mass is 16.6. The molecule has 2 fully saturated rings. The lowest BCUT2D eigenvalue weighted by molar-refractivity contribution is 0.0275. The molecule has 4 rings (SSSR count). The maximum atomic E-state index is 13.5. The van der Waals surface area contributed by atoms with Crippen molar-refractivity contribution in [1.82, 2.24) is 4.90 Å². The van der Waals surface area contributed by atoms with Crippen molar-refractivity contribution in [1.29, 1.82) is 0 Å². The van der Waals surface area contributed by atoms with Crippen molar-refractivity contribution in [3.63, 3.8) is 0 Å². The molecule has 2 heterocycles. The van der Waals surface area contributed by atoms with Gasteiger partial charge in [0.25, 0.3) is 0 Å². The molecule has 0 aliphatic carbocycles. The van der Waals surface area contributed by atoms with Crippen LogP contribution in [0.2, 0.25) is 0 Å². The smallest absolute Gasteiger partial charge is 0.326 e. The predicted molar refractivity (Wildman–Crippen MR) is 105 cm³/mol. The molecular formula is C22H26N2O3. The van der Waals surface area contributed by atoms with Gasteiger partial charge in [-0.2, -0.15) is 0 Å². The highest BCUT2D eigenvalue weighted by molar-refractivity contribution is 5.92. The number of benzene rings is 2. The minimum atomic E-state index is -0.376. The van der Waals surface area contributed by atoms with Crippen LogP contribution in [0.4, 0.5) is 10.5 Å². The molecule has 0 unspecified atom stereocenters. The van der Waals surface area contributed by atoms with Crippen LogP contribution in [-0.4, -0.2) is 42.5 Å². The summed E-state index contributed by atoms with van der Waals surface area (Å²) in [6.45, 7) is 4.66. The zero-order valence-electron chi connectivity index (χ0n) is 16.0. The molecule has 4 atom stereocenters. The number of amides is 2. The van der Waals surface area contributed by atoms with E-state index in [1.807, 2.05) is 72.6 Å². The first kappa shape index (κ1) is 18.0. The maximum absolute atomic E-state index is 13.5. The Labute approximate surface area is 160 Å². The molecule has 0 bridgehead atoms. The van der Waals surface area contributed by atoms with Crippen LogP contribution in [-0.2, 0) is 9.47 Å². The summed E-state index contributed by atoms with van der Waals surface area (Å²) < 4.78 is 12.1. The van der Waals surface area contributed by atoms with E-state index in [4.69, 9.17) is 9.47 Å².